The summed E-state index contributed by atoms with van der Waals surface area (Å²) in [4.78, 5) is 16.7. The summed E-state index contributed by atoms with van der Waals surface area (Å²) in [5.41, 5.74) is 4.70. The highest BCUT2D eigenvalue weighted by molar-refractivity contribution is 7.92. The van der Waals surface area contributed by atoms with Crippen molar-refractivity contribution in [3.8, 4) is 16.9 Å². The molecule has 3 aromatic carbocycles. The average molecular weight is 596 g/mol. The van der Waals surface area contributed by atoms with Crippen LogP contribution in [0.4, 0.5) is 5.69 Å². The third-order valence-electron chi connectivity index (χ3n) is 6.32. The molecule has 7 nitrogen and oxygen atoms in total. The van der Waals surface area contributed by atoms with Gasteiger partial charge in [-0.05, 0) is 52.9 Å². The van der Waals surface area contributed by atoms with E-state index in [1.54, 1.807) is 30.3 Å². The minimum absolute atomic E-state index is 0.0923. The van der Waals surface area contributed by atoms with Crippen LogP contribution in [0.25, 0.3) is 23.0 Å². The molecule has 0 aliphatic carbocycles. The smallest absolute Gasteiger partial charge is 0.303 e. The number of nitrogens with zero attached hydrogens (tertiary/aromatic N) is 3. The van der Waals surface area contributed by atoms with E-state index in [0.717, 1.165) is 26.8 Å². The predicted octanol–water partition coefficient (Wildman–Crippen LogP) is 6.68. The van der Waals surface area contributed by atoms with E-state index in [0.29, 0.717) is 33.5 Å². The molecule has 5 rings (SSSR count). The number of amides is 1. The molecule has 206 valence electrons. The number of carbonyl (C=O) groups is 1. The van der Waals surface area contributed by atoms with Gasteiger partial charge in [0.05, 0.1) is 16.4 Å². The molecular weight excluding hydrogens is 567 g/mol. The van der Waals surface area contributed by atoms with Gasteiger partial charge < -0.3 is 4.57 Å². The molecule has 40 heavy (non-hydrogen) atoms. The molecule has 1 aliphatic rings. The molecule has 1 aromatic heterocycles. The van der Waals surface area contributed by atoms with E-state index in [-0.39, 0.29) is 12.0 Å². The Hall–Kier alpha value is -3.59. The normalized spacial score (nSPS) is 15.1. The van der Waals surface area contributed by atoms with E-state index >= 15 is 0 Å². The fourth-order valence-corrected chi connectivity index (χ4v) is 5.99. The summed E-state index contributed by atoms with van der Waals surface area (Å²) < 4.78 is 29.9. The molecule has 10 heteroatoms. The Kier molecular flexibility index (Phi) is 7.52. The number of aromatic nitrogens is 2. The number of anilines is 1. The van der Waals surface area contributed by atoms with Gasteiger partial charge in [-0.15, -0.1) is 0 Å². The van der Waals surface area contributed by atoms with Gasteiger partial charge >= 0.3 is 10.2 Å². The second kappa shape index (κ2) is 10.8. The standard InChI is InChI=1S/C30H28Cl2N4O3S/c1-30(2,3)14-13-20-7-9-21(10-8-20)15-28-33-27(25-12-11-22(31)16-26(25)32)18-35(28)23-5-4-6-24(17-23)36-19-29(37)34-40(36,38)39/h4-14,16-18H,15,19H2,1-3H3,(H,34,37). The highest BCUT2D eigenvalue weighted by Gasteiger charge is 2.34. The third-order valence-corrected chi connectivity index (χ3v) is 8.27. The van der Waals surface area contributed by atoms with Crippen LogP contribution in [0.2, 0.25) is 10.0 Å². The quantitative estimate of drug-likeness (QED) is 0.270. The molecule has 0 atom stereocenters. The number of hydrogen-bond donors (Lipinski definition) is 1. The molecule has 1 fully saturated rings. The van der Waals surface area contributed by atoms with Crippen LogP contribution in [-0.4, -0.2) is 30.4 Å². The van der Waals surface area contributed by atoms with Crippen molar-refractivity contribution in [1.82, 2.24) is 14.3 Å². The number of rotatable bonds is 6. The summed E-state index contributed by atoms with van der Waals surface area (Å²) in [7, 11) is -3.94. The number of halogens is 2. The Morgan fingerprint density at radius 3 is 2.38 bits per heavy atom. The van der Waals surface area contributed by atoms with Crippen molar-refractivity contribution in [2.75, 3.05) is 10.8 Å². The summed E-state index contributed by atoms with van der Waals surface area (Å²) in [6, 6.07) is 20.5. The van der Waals surface area contributed by atoms with Gasteiger partial charge in [-0.3, -0.25) is 4.79 Å². The van der Waals surface area contributed by atoms with Crippen molar-refractivity contribution in [2.24, 2.45) is 5.41 Å². The summed E-state index contributed by atoms with van der Waals surface area (Å²) >= 11 is 12.6. The Morgan fingerprint density at radius 1 is 1.00 bits per heavy atom. The Labute approximate surface area is 244 Å². The molecule has 0 saturated carbocycles. The van der Waals surface area contributed by atoms with Crippen LogP contribution in [-0.2, 0) is 21.4 Å². The average Bonchev–Trinajstić information content (AvgIpc) is 3.42. The highest BCUT2D eigenvalue weighted by atomic mass is 35.5. The summed E-state index contributed by atoms with van der Waals surface area (Å²) in [5.74, 6) is 0.156. The van der Waals surface area contributed by atoms with Crippen molar-refractivity contribution in [3.05, 3.63) is 106 Å². The molecule has 0 bridgehead atoms. The highest BCUT2D eigenvalue weighted by Crippen LogP contribution is 2.32. The largest absolute Gasteiger partial charge is 0.326 e. The van der Waals surface area contributed by atoms with Crippen LogP contribution in [0.1, 0.15) is 37.7 Å². The molecule has 1 amide bonds. The third kappa shape index (κ3) is 6.25. The van der Waals surface area contributed by atoms with E-state index in [4.69, 9.17) is 28.2 Å². The van der Waals surface area contributed by atoms with Crippen LogP contribution in [0.5, 0.6) is 0 Å². The lowest BCUT2D eigenvalue weighted by Crippen LogP contribution is -2.29. The zero-order valence-corrected chi connectivity index (χ0v) is 24.6. The number of imidazole rings is 1. The van der Waals surface area contributed by atoms with Crippen LogP contribution >= 0.6 is 23.2 Å². The molecule has 0 unspecified atom stereocenters. The topological polar surface area (TPSA) is 84.3 Å². The molecule has 0 spiro atoms. The van der Waals surface area contributed by atoms with Crippen molar-refractivity contribution in [3.63, 3.8) is 0 Å². The maximum Gasteiger partial charge on any atom is 0.326 e. The number of hydrogen-bond acceptors (Lipinski definition) is 4. The zero-order valence-electron chi connectivity index (χ0n) is 22.2. The predicted molar refractivity (Wildman–Crippen MR) is 161 cm³/mol. The fraction of sp³-hybridized carbons (Fsp3) is 0.200. The zero-order chi connectivity index (χ0) is 28.7. The van der Waals surface area contributed by atoms with Gasteiger partial charge in [0.2, 0.25) is 0 Å². The van der Waals surface area contributed by atoms with Gasteiger partial charge in [-0.25, -0.2) is 14.0 Å². The van der Waals surface area contributed by atoms with Crippen LogP contribution in [0.3, 0.4) is 0 Å². The van der Waals surface area contributed by atoms with E-state index in [2.05, 4.69) is 57.2 Å². The van der Waals surface area contributed by atoms with Gasteiger partial charge in [-0.2, -0.15) is 8.42 Å². The number of carbonyl (C=O) groups excluding carboxylic acids is 1. The van der Waals surface area contributed by atoms with Crippen LogP contribution < -0.4 is 9.03 Å². The SMILES string of the molecule is CC(C)(C)C=Cc1ccc(Cc2nc(-c3ccc(Cl)cc3Cl)cn2-c2cccc(N3CC(=O)NS3(=O)=O)c2)cc1. The number of benzene rings is 3. The second-order valence-corrected chi connectivity index (χ2v) is 13.1. The first-order valence-electron chi connectivity index (χ1n) is 12.6. The maximum absolute atomic E-state index is 12.5. The lowest BCUT2D eigenvalue weighted by Gasteiger charge is -2.16. The first kappa shape index (κ1) is 28.0. The Morgan fingerprint density at radius 2 is 1.73 bits per heavy atom. The number of allylic oxidation sites excluding steroid dienone is 1. The van der Waals surface area contributed by atoms with Gasteiger partial charge in [0, 0.05) is 28.9 Å². The van der Waals surface area contributed by atoms with Gasteiger partial charge in [0.15, 0.2) is 0 Å². The molecule has 0 radical (unpaired) electrons. The van der Waals surface area contributed by atoms with Crippen molar-refractivity contribution in [1.29, 1.82) is 0 Å². The Bertz CT molecular complexity index is 1720. The molecule has 1 N–H and O–H groups in total. The van der Waals surface area contributed by atoms with Crippen LogP contribution in [0, 0.1) is 5.41 Å². The first-order chi connectivity index (χ1) is 18.9. The Balaban J connectivity index is 1.54. The molecule has 1 aliphatic heterocycles. The minimum atomic E-state index is -3.94. The molecule has 1 saturated heterocycles. The number of nitrogens with one attached hydrogen (secondary N) is 1. The van der Waals surface area contributed by atoms with Crippen molar-refractivity contribution in [2.45, 2.75) is 27.2 Å². The second-order valence-electron chi connectivity index (χ2n) is 10.7. The fourth-order valence-electron chi connectivity index (χ4n) is 4.34. The van der Waals surface area contributed by atoms with E-state index in [1.165, 1.54) is 0 Å². The lowest BCUT2D eigenvalue weighted by molar-refractivity contribution is -0.117. The monoisotopic (exact) mass is 594 g/mol. The molecule has 4 aromatic rings. The van der Waals surface area contributed by atoms with Gasteiger partial charge in [0.1, 0.15) is 12.4 Å². The van der Waals surface area contributed by atoms with Crippen LogP contribution in [0.15, 0.2) is 79.0 Å². The van der Waals surface area contributed by atoms with E-state index < -0.39 is 16.1 Å². The van der Waals surface area contributed by atoms with Crippen molar-refractivity contribution < 1.29 is 13.2 Å². The molecular formula is C30H28Cl2N4O3S. The lowest BCUT2D eigenvalue weighted by atomic mass is 9.95. The van der Waals surface area contributed by atoms with E-state index in [1.807, 2.05) is 27.6 Å². The summed E-state index contributed by atoms with van der Waals surface area (Å²) in [6.45, 7) is 6.20. The first-order valence-corrected chi connectivity index (χ1v) is 14.8. The molecule has 2 heterocycles. The van der Waals surface area contributed by atoms with Gasteiger partial charge in [-0.1, -0.05) is 86.5 Å². The summed E-state index contributed by atoms with van der Waals surface area (Å²) in [6.07, 6.45) is 6.67. The van der Waals surface area contributed by atoms with E-state index in [9.17, 15) is 13.2 Å². The van der Waals surface area contributed by atoms with Crippen molar-refractivity contribution >= 4 is 51.1 Å². The summed E-state index contributed by atoms with van der Waals surface area (Å²) in [5, 5.41) is 0.997. The van der Waals surface area contributed by atoms with Gasteiger partial charge in [0.25, 0.3) is 5.91 Å². The minimum Gasteiger partial charge on any atom is -0.303 e. The maximum atomic E-state index is 12.5.